The Morgan fingerprint density at radius 3 is 2.97 bits per heavy atom. The first-order valence-electron chi connectivity index (χ1n) is 8.90. The van der Waals surface area contributed by atoms with Crippen LogP contribution in [0, 0.1) is 0 Å². The quantitative estimate of drug-likeness (QED) is 0.411. The Bertz CT molecular complexity index is 1110. The van der Waals surface area contributed by atoms with E-state index < -0.39 is 22.9 Å². The van der Waals surface area contributed by atoms with Crippen molar-refractivity contribution in [1.82, 2.24) is 9.97 Å². The van der Waals surface area contributed by atoms with Crippen LogP contribution in [0.25, 0.3) is 10.2 Å². The van der Waals surface area contributed by atoms with Crippen molar-refractivity contribution < 1.29 is 14.3 Å². The third kappa shape index (κ3) is 4.07. The van der Waals surface area contributed by atoms with E-state index in [0.29, 0.717) is 21.3 Å². The standard InChI is InChI=1S/C19H17Cl2N3O3S2/c1-2-27-15(25)8-12-19(26)29(18-11(23-12)4-3-7-22-18)9-14-24-17-13(28-14)6-5-10(20)16(17)21/h3-7,12,23,29H,2,8-9H2,1H3. The Hall–Kier alpha value is -1.87. The predicted molar refractivity (Wildman–Crippen MR) is 119 cm³/mol. The lowest BCUT2D eigenvalue weighted by Crippen LogP contribution is -2.36. The second-order valence-corrected chi connectivity index (χ2v) is 10.3. The number of rotatable bonds is 5. The first kappa shape index (κ1) is 20.4. The van der Waals surface area contributed by atoms with E-state index >= 15 is 0 Å². The summed E-state index contributed by atoms with van der Waals surface area (Å²) in [7, 11) is -1.31. The number of hydrogen-bond donors (Lipinski definition) is 2. The summed E-state index contributed by atoms with van der Waals surface area (Å²) in [6.45, 7) is 2.02. The van der Waals surface area contributed by atoms with E-state index in [-0.39, 0.29) is 18.1 Å². The summed E-state index contributed by atoms with van der Waals surface area (Å²) in [4.78, 5) is 34.2. The molecule has 0 radical (unpaired) electrons. The maximum absolute atomic E-state index is 13.2. The molecule has 0 amide bonds. The van der Waals surface area contributed by atoms with Crippen LogP contribution in [0.15, 0.2) is 35.5 Å². The number of nitrogens with one attached hydrogen (secondary N) is 1. The number of benzene rings is 1. The number of carbonyl (C=O) groups excluding carboxylic acids is 2. The number of pyridine rings is 1. The molecular weight excluding hydrogens is 453 g/mol. The number of carbonyl (C=O) groups is 2. The topological polar surface area (TPSA) is 81.2 Å². The third-order valence-electron chi connectivity index (χ3n) is 4.40. The van der Waals surface area contributed by atoms with Gasteiger partial charge in [-0.1, -0.05) is 23.2 Å². The van der Waals surface area contributed by atoms with Crippen molar-refractivity contribution in [2.24, 2.45) is 0 Å². The minimum atomic E-state index is -1.31. The molecule has 2 aromatic heterocycles. The van der Waals surface area contributed by atoms with Crippen LogP contribution in [-0.4, -0.2) is 33.7 Å². The van der Waals surface area contributed by atoms with Gasteiger partial charge in [0.15, 0.2) is 5.12 Å². The fourth-order valence-corrected chi connectivity index (χ4v) is 6.99. The zero-order valence-corrected chi connectivity index (χ0v) is 18.5. The van der Waals surface area contributed by atoms with Crippen LogP contribution in [0.1, 0.15) is 18.4 Å². The van der Waals surface area contributed by atoms with Gasteiger partial charge in [0, 0.05) is 11.9 Å². The zero-order valence-electron chi connectivity index (χ0n) is 15.3. The van der Waals surface area contributed by atoms with E-state index in [0.717, 1.165) is 20.4 Å². The second kappa shape index (κ2) is 8.47. The lowest BCUT2D eigenvalue weighted by atomic mass is 10.2. The predicted octanol–water partition coefficient (Wildman–Crippen LogP) is 4.83. The maximum atomic E-state index is 13.2. The number of ether oxygens (including phenoxy) is 1. The normalized spacial score (nSPS) is 19.6. The zero-order chi connectivity index (χ0) is 20.5. The van der Waals surface area contributed by atoms with Crippen LogP contribution >= 0.6 is 45.4 Å². The number of thiol groups is 1. The number of nitrogens with zero attached hydrogens (tertiary/aromatic N) is 2. The van der Waals surface area contributed by atoms with Gasteiger partial charge in [-0.3, -0.25) is 9.59 Å². The van der Waals surface area contributed by atoms with E-state index in [9.17, 15) is 9.59 Å². The third-order valence-corrected chi connectivity index (χ3v) is 8.76. The van der Waals surface area contributed by atoms with Gasteiger partial charge in [0.1, 0.15) is 21.6 Å². The molecule has 1 aliphatic heterocycles. The van der Waals surface area contributed by atoms with Gasteiger partial charge in [-0.15, -0.1) is 22.2 Å². The smallest absolute Gasteiger partial charge is 0.308 e. The minimum absolute atomic E-state index is 0.0128. The molecule has 152 valence electrons. The van der Waals surface area contributed by atoms with Gasteiger partial charge in [-0.2, -0.15) is 0 Å². The van der Waals surface area contributed by atoms with Crippen molar-refractivity contribution in [3.8, 4) is 0 Å². The molecule has 1 aliphatic rings. The molecule has 0 saturated heterocycles. The Balaban J connectivity index is 1.67. The maximum Gasteiger partial charge on any atom is 0.308 e. The summed E-state index contributed by atoms with van der Waals surface area (Å²) in [5.41, 5.74) is 1.41. The molecule has 1 aromatic carbocycles. The summed E-state index contributed by atoms with van der Waals surface area (Å²) < 4.78 is 5.93. The highest BCUT2D eigenvalue weighted by Gasteiger charge is 2.35. The number of halogens is 2. The lowest BCUT2D eigenvalue weighted by molar-refractivity contribution is -0.144. The first-order valence-corrected chi connectivity index (χ1v) is 12.0. The molecule has 29 heavy (non-hydrogen) atoms. The van der Waals surface area contributed by atoms with Gasteiger partial charge in [-0.25, -0.2) is 9.97 Å². The number of esters is 1. The number of hydrogen-bond acceptors (Lipinski definition) is 7. The van der Waals surface area contributed by atoms with Crippen molar-refractivity contribution >= 4 is 72.4 Å². The highest BCUT2D eigenvalue weighted by molar-refractivity contribution is 8.29. The van der Waals surface area contributed by atoms with E-state index in [2.05, 4.69) is 15.3 Å². The molecule has 6 nitrogen and oxygen atoms in total. The highest BCUT2D eigenvalue weighted by atomic mass is 35.5. The van der Waals surface area contributed by atoms with Gasteiger partial charge in [-0.05, 0) is 31.2 Å². The second-order valence-electron chi connectivity index (χ2n) is 6.32. The molecule has 0 saturated carbocycles. The summed E-state index contributed by atoms with van der Waals surface area (Å²) in [6, 6.07) is 6.65. The van der Waals surface area contributed by atoms with E-state index in [1.165, 1.54) is 11.3 Å². The Morgan fingerprint density at radius 1 is 1.34 bits per heavy atom. The lowest BCUT2D eigenvalue weighted by Gasteiger charge is -2.32. The van der Waals surface area contributed by atoms with Crippen molar-refractivity contribution in [2.75, 3.05) is 11.9 Å². The van der Waals surface area contributed by atoms with Gasteiger partial charge in [0.25, 0.3) is 0 Å². The SMILES string of the molecule is CCOC(=O)CC1Nc2cccnc2[SH](Cc2nc3c(Cl)c(Cl)ccc3s2)C1=O. The molecule has 3 aromatic rings. The molecule has 10 heteroatoms. The van der Waals surface area contributed by atoms with Gasteiger partial charge in [0.05, 0.1) is 33.5 Å². The Morgan fingerprint density at radius 2 is 2.17 bits per heavy atom. The average Bonchev–Trinajstić information content (AvgIpc) is 3.12. The molecule has 0 fully saturated rings. The van der Waals surface area contributed by atoms with Crippen LogP contribution in [0.2, 0.25) is 10.0 Å². The Kier molecular flexibility index (Phi) is 5.96. The first-order chi connectivity index (χ1) is 14.0. The van der Waals surface area contributed by atoms with Gasteiger partial charge in [0.2, 0.25) is 0 Å². The van der Waals surface area contributed by atoms with Crippen molar-refractivity contribution in [3.05, 3.63) is 45.5 Å². The summed E-state index contributed by atoms with van der Waals surface area (Å²) >= 11 is 13.9. The van der Waals surface area contributed by atoms with Gasteiger partial charge >= 0.3 is 5.97 Å². The van der Waals surface area contributed by atoms with Crippen LogP contribution < -0.4 is 5.32 Å². The number of thiazole rings is 1. The van der Waals surface area contributed by atoms with Crippen LogP contribution in [0.5, 0.6) is 0 Å². The van der Waals surface area contributed by atoms with Crippen LogP contribution in [-0.2, 0) is 20.1 Å². The molecule has 0 aliphatic carbocycles. The number of anilines is 1. The van der Waals surface area contributed by atoms with E-state index in [4.69, 9.17) is 27.9 Å². The molecular formula is C19H17Cl2N3O3S2. The summed E-state index contributed by atoms with van der Waals surface area (Å²) in [5, 5.41) is 5.47. The highest BCUT2D eigenvalue weighted by Crippen LogP contribution is 2.49. The van der Waals surface area contributed by atoms with E-state index in [1.807, 2.05) is 12.1 Å². The minimum Gasteiger partial charge on any atom is -0.466 e. The molecule has 2 unspecified atom stereocenters. The largest absolute Gasteiger partial charge is 0.466 e. The van der Waals surface area contributed by atoms with Crippen LogP contribution in [0.3, 0.4) is 0 Å². The van der Waals surface area contributed by atoms with Crippen molar-refractivity contribution in [2.45, 2.75) is 30.2 Å². The summed E-state index contributed by atoms with van der Waals surface area (Å²) in [6.07, 6.45) is 1.66. The van der Waals surface area contributed by atoms with E-state index in [1.54, 1.807) is 25.3 Å². The average molecular weight is 470 g/mol. The molecule has 0 spiro atoms. The number of aromatic nitrogens is 2. The molecule has 2 atom stereocenters. The summed E-state index contributed by atoms with van der Waals surface area (Å²) in [5.74, 6) is 0.0361. The fraction of sp³-hybridized carbons (Fsp3) is 0.263. The van der Waals surface area contributed by atoms with Gasteiger partial charge < -0.3 is 10.1 Å². The molecule has 1 N–H and O–H groups in total. The Labute approximate surface area is 183 Å². The van der Waals surface area contributed by atoms with Crippen LogP contribution in [0.4, 0.5) is 5.69 Å². The molecule has 4 rings (SSSR count). The monoisotopic (exact) mass is 469 g/mol. The molecule has 0 bridgehead atoms. The van der Waals surface area contributed by atoms with Crippen molar-refractivity contribution in [3.63, 3.8) is 0 Å². The fourth-order valence-electron chi connectivity index (χ4n) is 3.13. The number of fused-ring (bicyclic) bond motifs is 2. The molecule has 3 heterocycles. The van der Waals surface area contributed by atoms with Crippen molar-refractivity contribution in [1.29, 1.82) is 0 Å².